The molecule has 1 aromatic heterocycles. The number of hydrogen-bond donors (Lipinski definition) is 1. The number of carbonyl (C=O) groups is 1. The summed E-state index contributed by atoms with van der Waals surface area (Å²) in [5, 5.41) is 2.95. The molecule has 0 aliphatic rings. The molecule has 1 heterocycles. The zero-order chi connectivity index (χ0) is 16.8. The molecule has 5 heteroatoms. The van der Waals surface area contributed by atoms with Crippen LogP contribution in [-0.2, 0) is 0 Å². The Balaban J connectivity index is 2.34. The third-order valence-corrected chi connectivity index (χ3v) is 3.71. The van der Waals surface area contributed by atoms with Crippen molar-refractivity contribution in [3.63, 3.8) is 0 Å². The van der Waals surface area contributed by atoms with Gasteiger partial charge in [-0.2, -0.15) is 0 Å². The number of carbonyl (C=O) groups excluding carboxylic acids is 1. The lowest BCUT2D eigenvalue weighted by Crippen LogP contribution is -2.33. The second-order valence-electron chi connectivity index (χ2n) is 5.52. The maximum Gasteiger partial charge on any atom is 0.270 e. The van der Waals surface area contributed by atoms with Gasteiger partial charge in [0.2, 0.25) is 0 Å². The van der Waals surface area contributed by atoms with E-state index in [1.807, 2.05) is 51.1 Å². The van der Waals surface area contributed by atoms with Crippen molar-refractivity contribution >= 4 is 17.4 Å². The van der Waals surface area contributed by atoms with Crippen molar-refractivity contribution in [2.45, 2.75) is 40.2 Å². The summed E-state index contributed by atoms with van der Waals surface area (Å²) in [5.41, 5.74) is 1.45. The summed E-state index contributed by atoms with van der Waals surface area (Å²) in [5.74, 6) is 1.17. The number of amides is 1. The van der Waals surface area contributed by atoms with Crippen LogP contribution >= 0.6 is 0 Å². The molecule has 5 nitrogen and oxygen atoms in total. The van der Waals surface area contributed by atoms with Gasteiger partial charge in [-0.15, -0.1) is 0 Å². The molecule has 0 aliphatic heterocycles. The van der Waals surface area contributed by atoms with Crippen LogP contribution in [0.2, 0.25) is 0 Å². The van der Waals surface area contributed by atoms with E-state index in [-0.39, 0.29) is 11.9 Å². The first-order valence-electron chi connectivity index (χ1n) is 8.04. The van der Waals surface area contributed by atoms with E-state index in [2.05, 4.69) is 27.1 Å². The van der Waals surface area contributed by atoms with Gasteiger partial charge in [0.25, 0.3) is 5.91 Å². The molecule has 1 unspecified atom stereocenters. The predicted octanol–water partition coefficient (Wildman–Crippen LogP) is 3.47. The molecule has 1 aromatic carbocycles. The van der Waals surface area contributed by atoms with E-state index in [9.17, 15) is 4.79 Å². The van der Waals surface area contributed by atoms with Gasteiger partial charge in [-0.1, -0.05) is 25.1 Å². The van der Waals surface area contributed by atoms with Crippen molar-refractivity contribution in [2.75, 3.05) is 11.4 Å². The number of anilines is 2. The molecule has 2 aromatic rings. The number of rotatable bonds is 6. The second-order valence-corrected chi connectivity index (χ2v) is 5.52. The average molecular weight is 312 g/mol. The Bertz CT molecular complexity index is 657. The number of benzene rings is 1. The number of hydrogen-bond acceptors (Lipinski definition) is 4. The van der Waals surface area contributed by atoms with Crippen LogP contribution in [0.15, 0.2) is 36.4 Å². The van der Waals surface area contributed by atoms with Crippen LogP contribution in [0, 0.1) is 6.92 Å². The molecule has 1 N–H and O–H groups in total. The maximum absolute atomic E-state index is 12.3. The molecule has 0 saturated heterocycles. The van der Waals surface area contributed by atoms with E-state index in [1.54, 1.807) is 6.07 Å². The molecule has 0 bridgehead atoms. The summed E-state index contributed by atoms with van der Waals surface area (Å²) in [6, 6.07) is 11.9. The minimum Gasteiger partial charge on any atom is -0.348 e. The van der Waals surface area contributed by atoms with Gasteiger partial charge < -0.3 is 10.2 Å². The minimum absolute atomic E-state index is 0.123. The fraction of sp³-hybridized carbons (Fsp3) is 0.389. The number of aryl methyl sites for hydroxylation is 1. The standard InChI is InChI=1S/C18H24N4O/c1-5-13(3)19-18(23)16-12-17(21-14(4)20-16)22(6-2)15-10-8-7-9-11-15/h7-13H,5-6H2,1-4H3,(H,19,23). The molecular weight excluding hydrogens is 288 g/mol. The van der Waals surface area contributed by atoms with E-state index in [1.165, 1.54) is 0 Å². The van der Waals surface area contributed by atoms with Crippen LogP contribution in [0.1, 0.15) is 43.5 Å². The van der Waals surface area contributed by atoms with Gasteiger partial charge in [0.05, 0.1) is 0 Å². The first kappa shape index (κ1) is 16.9. The largest absolute Gasteiger partial charge is 0.348 e. The molecule has 0 radical (unpaired) electrons. The summed E-state index contributed by atoms with van der Waals surface area (Å²) in [7, 11) is 0. The Hall–Kier alpha value is -2.43. The SMILES string of the molecule is CCC(C)NC(=O)c1cc(N(CC)c2ccccc2)nc(C)n1. The molecule has 0 spiro atoms. The lowest BCUT2D eigenvalue weighted by atomic mass is 10.2. The van der Waals surface area contributed by atoms with E-state index < -0.39 is 0 Å². The molecule has 0 saturated carbocycles. The van der Waals surface area contributed by atoms with Crippen LogP contribution in [0.5, 0.6) is 0 Å². The summed E-state index contributed by atoms with van der Waals surface area (Å²) in [6.45, 7) is 8.64. The normalized spacial score (nSPS) is 11.8. The lowest BCUT2D eigenvalue weighted by Gasteiger charge is -2.23. The third-order valence-electron chi connectivity index (χ3n) is 3.71. The Kier molecular flexibility index (Phi) is 5.68. The van der Waals surface area contributed by atoms with Gasteiger partial charge >= 0.3 is 0 Å². The summed E-state index contributed by atoms with van der Waals surface area (Å²) < 4.78 is 0. The van der Waals surface area contributed by atoms with Crippen molar-refractivity contribution in [2.24, 2.45) is 0 Å². The Morgan fingerprint density at radius 1 is 1.22 bits per heavy atom. The highest BCUT2D eigenvalue weighted by Gasteiger charge is 2.16. The summed E-state index contributed by atoms with van der Waals surface area (Å²) in [4.78, 5) is 23.2. The number of nitrogens with one attached hydrogen (secondary N) is 1. The van der Waals surface area contributed by atoms with E-state index in [4.69, 9.17) is 0 Å². The van der Waals surface area contributed by atoms with Crippen LogP contribution in [0.25, 0.3) is 0 Å². The molecule has 0 aliphatic carbocycles. The molecule has 1 atom stereocenters. The molecule has 0 fully saturated rings. The number of aromatic nitrogens is 2. The van der Waals surface area contributed by atoms with E-state index in [0.717, 1.165) is 24.5 Å². The Labute approximate surface area is 137 Å². The van der Waals surface area contributed by atoms with Gasteiger partial charge in [-0.3, -0.25) is 4.79 Å². The highest BCUT2D eigenvalue weighted by molar-refractivity contribution is 5.93. The minimum atomic E-state index is -0.157. The smallest absolute Gasteiger partial charge is 0.270 e. The lowest BCUT2D eigenvalue weighted by molar-refractivity contribution is 0.0934. The third kappa shape index (κ3) is 4.28. The van der Waals surface area contributed by atoms with Crippen LogP contribution < -0.4 is 10.2 Å². The first-order chi connectivity index (χ1) is 11.0. The predicted molar refractivity (Wildman–Crippen MR) is 93.1 cm³/mol. The highest BCUT2D eigenvalue weighted by Crippen LogP contribution is 2.23. The highest BCUT2D eigenvalue weighted by atomic mass is 16.1. The summed E-state index contributed by atoms with van der Waals surface area (Å²) in [6.07, 6.45) is 0.883. The molecule has 2 rings (SSSR count). The summed E-state index contributed by atoms with van der Waals surface area (Å²) >= 11 is 0. The fourth-order valence-electron chi connectivity index (χ4n) is 2.29. The zero-order valence-corrected chi connectivity index (χ0v) is 14.2. The van der Waals surface area contributed by atoms with Gasteiger partial charge in [0.15, 0.2) is 0 Å². The maximum atomic E-state index is 12.3. The van der Waals surface area contributed by atoms with Crippen LogP contribution in [0.3, 0.4) is 0 Å². The van der Waals surface area contributed by atoms with E-state index >= 15 is 0 Å². The van der Waals surface area contributed by atoms with Crippen molar-refractivity contribution in [1.29, 1.82) is 0 Å². The number of nitrogens with zero attached hydrogens (tertiary/aromatic N) is 3. The van der Waals surface area contributed by atoms with Crippen molar-refractivity contribution < 1.29 is 4.79 Å². The monoisotopic (exact) mass is 312 g/mol. The van der Waals surface area contributed by atoms with Gasteiger partial charge in [0, 0.05) is 24.3 Å². The van der Waals surface area contributed by atoms with Crippen molar-refractivity contribution in [3.8, 4) is 0 Å². The number of para-hydroxylation sites is 1. The Morgan fingerprint density at radius 2 is 1.91 bits per heavy atom. The average Bonchev–Trinajstić information content (AvgIpc) is 2.56. The van der Waals surface area contributed by atoms with Crippen LogP contribution in [0.4, 0.5) is 11.5 Å². The molecule has 122 valence electrons. The van der Waals surface area contributed by atoms with Gasteiger partial charge in [-0.25, -0.2) is 9.97 Å². The molecular formula is C18H24N4O. The molecule has 23 heavy (non-hydrogen) atoms. The molecule has 1 amide bonds. The van der Waals surface area contributed by atoms with Crippen molar-refractivity contribution in [3.05, 3.63) is 47.9 Å². The van der Waals surface area contributed by atoms with Crippen molar-refractivity contribution in [1.82, 2.24) is 15.3 Å². The van der Waals surface area contributed by atoms with Gasteiger partial charge in [0.1, 0.15) is 17.3 Å². The fourth-order valence-corrected chi connectivity index (χ4v) is 2.29. The van der Waals surface area contributed by atoms with Gasteiger partial charge in [-0.05, 0) is 39.3 Å². The van der Waals surface area contributed by atoms with Crippen LogP contribution in [-0.4, -0.2) is 28.5 Å². The van der Waals surface area contributed by atoms with E-state index in [0.29, 0.717) is 11.5 Å². The Morgan fingerprint density at radius 3 is 2.52 bits per heavy atom. The quantitative estimate of drug-likeness (QED) is 0.887. The zero-order valence-electron chi connectivity index (χ0n) is 14.2. The second kappa shape index (κ2) is 7.72. The topological polar surface area (TPSA) is 58.1 Å². The first-order valence-corrected chi connectivity index (χ1v) is 8.04.